The molecule has 0 unspecified atom stereocenters. The average Bonchev–Trinajstić information content (AvgIpc) is 3.54. The monoisotopic (exact) mass is 613 g/mol. The van der Waals surface area contributed by atoms with Crippen LogP contribution in [0.2, 0.25) is 0 Å². The first-order valence-electron chi connectivity index (χ1n) is 11.1. The Bertz CT molecular complexity index is 1470. The third kappa shape index (κ3) is 5.00. The van der Waals surface area contributed by atoms with Gasteiger partial charge in [-0.15, -0.1) is 5.10 Å². The van der Waals surface area contributed by atoms with Gasteiger partial charge in [-0.2, -0.15) is 5.26 Å². The van der Waals surface area contributed by atoms with Gasteiger partial charge in [0, 0.05) is 33.3 Å². The van der Waals surface area contributed by atoms with Crippen LogP contribution in [0.5, 0.6) is 0 Å². The number of aliphatic carboxylic acids is 1. The second kappa shape index (κ2) is 10.2. The maximum absolute atomic E-state index is 11.2. The highest BCUT2D eigenvalue weighted by molar-refractivity contribution is 14.1. The molecule has 11 nitrogen and oxygen atoms in total. The Morgan fingerprint density at radius 1 is 1.25 bits per heavy atom. The van der Waals surface area contributed by atoms with Gasteiger partial charge in [0.2, 0.25) is 5.95 Å². The second-order valence-corrected chi connectivity index (χ2v) is 10.5. The lowest BCUT2D eigenvalue weighted by Gasteiger charge is -2.29. The van der Waals surface area contributed by atoms with Gasteiger partial charge in [-0.05, 0) is 47.6 Å². The Hall–Kier alpha value is -3.64. The fourth-order valence-electron chi connectivity index (χ4n) is 4.07. The molecule has 0 amide bonds. The number of nitrogens with zero attached hydrogens (tertiary/aromatic N) is 8. The lowest BCUT2D eigenvalue weighted by Crippen LogP contribution is -2.36. The summed E-state index contributed by atoms with van der Waals surface area (Å²) < 4.78 is 2.53. The summed E-state index contributed by atoms with van der Waals surface area (Å²) in [6.07, 6.45) is 4.84. The number of hydrogen-bond donors (Lipinski definition) is 2. The van der Waals surface area contributed by atoms with Gasteiger partial charge in [-0.25, -0.2) is 19.6 Å². The predicted molar refractivity (Wildman–Crippen MR) is 142 cm³/mol. The predicted octanol–water partition coefficient (Wildman–Crippen LogP) is 3.27. The van der Waals surface area contributed by atoms with Crippen LogP contribution in [0.4, 0.5) is 11.1 Å². The molecule has 0 radical (unpaired) electrons. The number of thiazole rings is 1. The number of carboxylic acid groups (broad SMARTS) is 1. The Morgan fingerprint density at radius 2 is 2.03 bits per heavy atom. The average molecular weight is 613 g/mol. The number of carboxylic acids is 1. The fraction of sp³-hybridized carbons (Fsp3) is 0.261. The Morgan fingerprint density at radius 3 is 2.78 bits per heavy atom. The van der Waals surface area contributed by atoms with Crippen LogP contribution < -0.4 is 10.6 Å². The SMILES string of the molecule is N#Cc1c(I)cccc1-c1cc(-c2cn(Cc3cnc(N4CCC(C(=O)O)CC4)s3)nn2)nc(N)n1. The molecule has 182 valence electrons. The third-order valence-corrected chi connectivity index (χ3v) is 7.86. The summed E-state index contributed by atoms with van der Waals surface area (Å²) in [4.78, 5) is 27.5. The number of anilines is 2. The topological polar surface area (TPSA) is 160 Å². The number of rotatable bonds is 6. The van der Waals surface area contributed by atoms with Crippen molar-refractivity contribution in [1.29, 1.82) is 5.26 Å². The minimum atomic E-state index is -0.724. The smallest absolute Gasteiger partial charge is 0.306 e. The highest BCUT2D eigenvalue weighted by Gasteiger charge is 2.26. The van der Waals surface area contributed by atoms with E-state index in [9.17, 15) is 15.2 Å². The summed E-state index contributed by atoms with van der Waals surface area (Å²) in [5, 5.41) is 28.2. The van der Waals surface area contributed by atoms with Crippen molar-refractivity contribution in [2.24, 2.45) is 5.92 Å². The quantitative estimate of drug-likeness (QED) is 0.309. The first-order chi connectivity index (χ1) is 17.4. The van der Waals surface area contributed by atoms with Crippen LogP contribution in [0, 0.1) is 20.8 Å². The summed E-state index contributed by atoms with van der Waals surface area (Å²) in [5.74, 6) is -0.917. The van der Waals surface area contributed by atoms with E-state index < -0.39 is 5.97 Å². The molecule has 1 aliphatic rings. The first-order valence-corrected chi connectivity index (χ1v) is 13.0. The van der Waals surface area contributed by atoms with E-state index in [2.05, 4.69) is 58.8 Å². The Labute approximate surface area is 223 Å². The Balaban J connectivity index is 1.33. The van der Waals surface area contributed by atoms with Gasteiger partial charge >= 0.3 is 5.97 Å². The van der Waals surface area contributed by atoms with Crippen LogP contribution in [0.1, 0.15) is 23.3 Å². The number of benzene rings is 1. The largest absolute Gasteiger partial charge is 0.481 e. The molecule has 0 atom stereocenters. The molecule has 3 aromatic heterocycles. The van der Waals surface area contributed by atoms with E-state index in [-0.39, 0.29) is 11.9 Å². The van der Waals surface area contributed by atoms with Crippen LogP contribution >= 0.6 is 33.9 Å². The molecule has 4 heterocycles. The van der Waals surface area contributed by atoms with Crippen LogP contribution in [-0.4, -0.2) is 54.1 Å². The number of halogens is 1. The molecule has 0 saturated carbocycles. The lowest BCUT2D eigenvalue weighted by molar-refractivity contribution is -0.142. The number of hydrogen-bond acceptors (Lipinski definition) is 10. The third-order valence-electron chi connectivity index (χ3n) is 5.92. The van der Waals surface area contributed by atoms with E-state index in [1.54, 1.807) is 28.3 Å². The van der Waals surface area contributed by atoms with Crippen LogP contribution in [0.3, 0.4) is 0 Å². The zero-order valence-corrected chi connectivity index (χ0v) is 21.8. The van der Waals surface area contributed by atoms with Gasteiger partial charge in [-0.1, -0.05) is 28.7 Å². The Kier molecular flexibility index (Phi) is 6.79. The minimum Gasteiger partial charge on any atom is -0.481 e. The van der Waals surface area contributed by atoms with Crippen molar-refractivity contribution in [2.45, 2.75) is 19.4 Å². The van der Waals surface area contributed by atoms with Crippen molar-refractivity contribution in [3.8, 4) is 28.7 Å². The number of aromatic nitrogens is 6. The van der Waals surface area contributed by atoms with E-state index in [4.69, 9.17) is 5.73 Å². The molecule has 1 fully saturated rings. The molecule has 1 aliphatic heterocycles. The molecule has 0 aliphatic carbocycles. The number of nitriles is 1. The maximum Gasteiger partial charge on any atom is 0.306 e. The molecule has 36 heavy (non-hydrogen) atoms. The number of piperidine rings is 1. The van der Waals surface area contributed by atoms with Crippen molar-refractivity contribution >= 4 is 51.0 Å². The van der Waals surface area contributed by atoms with Gasteiger partial charge in [0.05, 0.1) is 35.6 Å². The zero-order chi connectivity index (χ0) is 25.2. The van der Waals surface area contributed by atoms with E-state index in [1.165, 1.54) is 0 Å². The molecule has 1 aromatic carbocycles. The lowest BCUT2D eigenvalue weighted by atomic mass is 9.98. The van der Waals surface area contributed by atoms with E-state index in [0.29, 0.717) is 60.7 Å². The van der Waals surface area contributed by atoms with Crippen molar-refractivity contribution in [3.63, 3.8) is 0 Å². The van der Waals surface area contributed by atoms with Gasteiger partial charge in [0.1, 0.15) is 11.8 Å². The molecule has 13 heteroatoms. The van der Waals surface area contributed by atoms with Gasteiger partial charge < -0.3 is 15.7 Å². The molecular weight excluding hydrogens is 593 g/mol. The number of nitrogen functional groups attached to an aromatic ring is 1. The summed E-state index contributed by atoms with van der Waals surface area (Å²) >= 11 is 3.68. The highest BCUT2D eigenvalue weighted by Crippen LogP contribution is 2.30. The second-order valence-electron chi connectivity index (χ2n) is 8.28. The summed E-state index contributed by atoms with van der Waals surface area (Å²) in [5.41, 5.74) is 8.78. The van der Waals surface area contributed by atoms with E-state index in [1.807, 2.05) is 24.4 Å². The highest BCUT2D eigenvalue weighted by atomic mass is 127. The van der Waals surface area contributed by atoms with Crippen molar-refractivity contribution in [1.82, 2.24) is 29.9 Å². The molecule has 0 bridgehead atoms. The standard InChI is InChI=1S/C23H20IN9O2S/c24-17-3-1-2-15(16(17)9-25)18-8-19(29-22(26)28-18)20-12-33(31-30-20)11-14-10-27-23(36-14)32-6-4-13(5-7-32)21(34)35/h1-3,8,10,12-13H,4-7,11H2,(H,34,35)(H2,26,28,29). The number of nitrogens with two attached hydrogens (primary N) is 1. The van der Waals surface area contributed by atoms with E-state index >= 15 is 0 Å². The van der Waals surface area contributed by atoms with Crippen molar-refractivity contribution in [3.05, 3.63) is 50.7 Å². The summed E-state index contributed by atoms with van der Waals surface area (Å²) in [6.45, 7) is 1.85. The molecule has 4 aromatic rings. The van der Waals surface area contributed by atoms with E-state index in [0.717, 1.165) is 13.6 Å². The molecule has 1 saturated heterocycles. The van der Waals surface area contributed by atoms with Crippen LogP contribution in [-0.2, 0) is 11.3 Å². The van der Waals surface area contributed by atoms with Gasteiger partial charge in [-0.3, -0.25) is 4.79 Å². The van der Waals surface area contributed by atoms with Crippen LogP contribution in [0.25, 0.3) is 22.6 Å². The van der Waals surface area contributed by atoms with Gasteiger partial charge in [0.15, 0.2) is 5.13 Å². The van der Waals surface area contributed by atoms with Crippen molar-refractivity contribution in [2.75, 3.05) is 23.7 Å². The first kappa shape index (κ1) is 24.1. The zero-order valence-electron chi connectivity index (χ0n) is 18.9. The summed E-state index contributed by atoms with van der Waals surface area (Å²) in [7, 11) is 0. The summed E-state index contributed by atoms with van der Waals surface area (Å²) in [6, 6.07) is 9.54. The molecular formula is C23H20IN9O2S. The molecule has 5 rings (SSSR count). The fourth-order valence-corrected chi connectivity index (χ4v) is 5.65. The number of carbonyl (C=O) groups is 1. The molecule has 3 N–H and O–H groups in total. The molecule has 0 spiro atoms. The van der Waals surface area contributed by atoms with Crippen LogP contribution in [0.15, 0.2) is 36.7 Å². The maximum atomic E-state index is 11.2. The van der Waals surface area contributed by atoms with Crippen molar-refractivity contribution < 1.29 is 9.90 Å². The normalized spacial score (nSPS) is 14.1. The van der Waals surface area contributed by atoms with Gasteiger partial charge in [0.25, 0.3) is 0 Å². The minimum absolute atomic E-state index is 0.0820.